The van der Waals surface area contributed by atoms with E-state index in [0.29, 0.717) is 36.8 Å². The maximum absolute atomic E-state index is 12.6. The van der Waals surface area contributed by atoms with Gasteiger partial charge in [-0.1, -0.05) is 12.1 Å². The van der Waals surface area contributed by atoms with Crippen molar-refractivity contribution in [2.24, 2.45) is 0 Å². The molecule has 0 heterocycles. The molecule has 0 atom stereocenters. The molecule has 5 heteroatoms. The van der Waals surface area contributed by atoms with Crippen molar-refractivity contribution >= 4 is 5.91 Å². The van der Waals surface area contributed by atoms with Crippen LogP contribution in [0.15, 0.2) is 42.5 Å². The van der Waals surface area contributed by atoms with Crippen LogP contribution < -0.4 is 14.2 Å². The highest BCUT2D eigenvalue weighted by molar-refractivity contribution is 5.94. The van der Waals surface area contributed by atoms with E-state index < -0.39 is 0 Å². The Morgan fingerprint density at radius 2 is 1.88 bits per heavy atom. The summed E-state index contributed by atoms with van der Waals surface area (Å²) in [6, 6.07) is 13.0. The molecule has 1 amide bonds. The van der Waals surface area contributed by atoms with Crippen molar-refractivity contribution in [2.75, 3.05) is 33.9 Å². The first-order valence-electron chi connectivity index (χ1n) is 8.31. The van der Waals surface area contributed by atoms with Crippen molar-refractivity contribution in [3.05, 3.63) is 53.6 Å². The number of benzene rings is 2. The topological polar surface area (TPSA) is 48.0 Å². The molecule has 2 rings (SSSR count). The summed E-state index contributed by atoms with van der Waals surface area (Å²) in [6.07, 6.45) is 0. The Kier molecular flexibility index (Phi) is 6.69. The molecule has 0 aromatic heterocycles. The molecule has 0 bridgehead atoms. The highest BCUT2D eigenvalue weighted by Gasteiger charge is 2.15. The lowest BCUT2D eigenvalue weighted by Gasteiger charge is -2.18. The van der Waals surface area contributed by atoms with E-state index in [2.05, 4.69) is 0 Å². The smallest absolute Gasteiger partial charge is 0.253 e. The number of aryl methyl sites for hydroxylation is 1. The van der Waals surface area contributed by atoms with Gasteiger partial charge in [0, 0.05) is 12.6 Å². The average Bonchev–Trinajstić information content (AvgIpc) is 2.61. The molecule has 2 aromatic carbocycles. The third kappa shape index (κ3) is 5.14. The van der Waals surface area contributed by atoms with Crippen LogP contribution in [0.3, 0.4) is 0 Å². The Hall–Kier alpha value is -2.69. The normalized spacial score (nSPS) is 10.2. The van der Waals surface area contributed by atoms with Gasteiger partial charge in [0.25, 0.3) is 5.91 Å². The lowest BCUT2D eigenvalue weighted by Crippen LogP contribution is -2.30. The van der Waals surface area contributed by atoms with Gasteiger partial charge in [-0.2, -0.15) is 0 Å². The number of hydrogen-bond donors (Lipinski definition) is 0. The van der Waals surface area contributed by atoms with Crippen LogP contribution in [0, 0.1) is 6.92 Å². The molecular formula is C20H25NO4. The average molecular weight is 343 g/mol. The first-order chi connectivity index (χ1) is 12.0. The zero-order valence-electron chi connectivity index (χ0n) is 15.2. The van der Waals surface area contributed by atoms with Crippen LogP contribution in [0.4, 0.5) is 0 Å². The number of carbonyl (C=O) groups excluding carboxylic acids is 1. The fourth-order valence-corrected chi connectivity index (χ4v) is 2.41. The molecule has 0 N–H and O–H groups in total. The molecule has 0 fully saturated rings. The van der Waals surface area contributed by atoms with E-state index in [9.17, 15) is 4.79 Å². The van der Waals surface area contributed by atoms with Gasteiger partial charge in [0.1, 0.15) is 12.4 Å². The first kappa shape index (κ1) is 18.6. The zero-order valence-corrected chi connectivity index (χ0v) is 15.2. The fourth-order valence-electron chi connectivity index (χ4n) is 2.41. The van der Waals surface area contributed by atoms with Gasteiger partial charge in [0.2, 0.25) is 0 Å². The predicted molar refractivity (Wildman–Crippen MR) is 97.8 cm³/mol. The maximum Gasteiger partial charge on any atom is 0.253 e. The molecule has 134 valence electrons. The van der Waals surface area contributed by atoms with E-state index in [4.69, 9.17) is 14.2 Å². The largest absolute Gasteiger partial charge is 0.493 e. The zero-order chi connectivity index (χ0) is 18.2. The van der Waals surface area contributed by atoms with E-state index in [1.807, 2.05) is 38.1 Å². The summed E-state index contributed by atoms with van der Waals surface area (Å²) < 4.78 is 16.5. The van der Waals surface area contributed by atoms with Crippen LogP contribution in [-0.4, -0.2) is 44.7 Å². The molecule has 0 aliphatic heterocycles. The van der Waals surface area contributed by atoms with Crippen LogP contribution in [0.2, 0.25) is 0 Å². The summed E-state index contributed by atoms with van der Waals surface area (Å²) in [5.74, 6) is 1.91. The van der Waals surface area contributed by atoms with Crippen LogP contribution >= 0.6 is 0 Å². The number of likely N-dealkylation sites (N-methyl/N-ethyl adjacent to an activating group) is 1. The summed E-state index contributed by atoms with van der Waals surface area (Å²) in [5.41, 5.74) is 1.70. The Labute approximate surface area is 149 Å². The third-order valence-electron chi connectivity index (χ3n) is 3.74. The molecule has 0 saturated heterocycles. The van der Waals surface area contributed by atoms with Gasteiger partial charge >= 0.3 is 0 Å². The number of hydrogen-bond acceptors (Lipinski definition) is 4. The van der Waals surface area contributed by atoms with E-state index in [1.54, 1.807) is 37.3 Å². The van der Waals surface area contributed by atoms with Crippen LogP contribution in [0.25, 0.3) is 0 Å². The van der Waals surface area contributed by atoms with Gasteiger partial charge in [-0.15, -0.1) is 0 Å². The van der Waals surface area contributed by atoms with Gasteiger partial charge in [-0.05, 0) is 49.7 Å². The summed E-state index contributed by atoms with van der Waals surface area (Å²) in [4.78, 5) is 14.2. The lowest BCUT2D eigenvalue weighted by molar-refractivity contribution is 0.0773. The molecule has 0 radical (unpaired) electrons. The molecule has 0 spiro atoms. The second-order valence-corrected chi connectivity index (χ2v) is 5.69. The quantitative estimate of drug-likeness (QED) is 0.735. The lowest BCUT2D eigenvalue weighted by atomic mass is 10.1. The molecule has 25 heavy (non-hydrogen) atoms. The van der Waals surface area contributed by atoms with Crippen LogP contribution in [-0.2, 0) is 0 Å². The van der Waals surface area contributed by atoms with Crippen molar-refractivity contribution in [2.45, 2.75) is 13.8 Å². The van der Waals surface area contributed by atoms with Crippen molar-refractivity contribution in [1.82, 2.24) is 4.90 Å². The summed E-state index contributed by atoms with van der Waals surface area (Å²) in [5, 5.41) is 0. The molecular weight excluding hydrogens is 318 g/mol. The minimum atomic E-state index is -0.0866. The number of amides is 1. The van der Waals surface area contributed by atoms with E-state index in [1.165, 1.54) is 0 Å². The second kappa shape index (κ2) is 8.97. The molecule has 2 aromatic rings. The van der Waals surface area contributed by atoms with E-state index in [0.717, 1.165) is 11.3 Å². The van der Waals surface area contributed by atoms with Crippen molar-refractivity contribution in [3.8, 4) is 17.2 Å². The van der Waals surface area contributed by atoms with Crippen molar-refractivity contribution < 1.29 is 19.0 Å². The summed E-state index contributed by atoms with van der Waals surface area (Å²) in [7, 11) is 3.33. The van der Waals surface area contributed by atoms with Crippen LogP contribution in [0.1, 0.15) is 22.8 Å². The number of nitrogens with zero attached hydrogens (tertiary/aromatic N) is 1. The van der Waals surface area contributed by atoms with Gasteiger partial charge in [0.05, 0.1) is 20.3 Å². The van der Waals surface area contributed by atoms with Gasteiger partial charge in [-0.3, -0.25) is 4.79 Å². The highest BCUT2D eigenvalue weighted by Crippen LogP contribution is 2.28. The Balaban J connectivity index is 1.96. The van der Waals surface area contributed by atoms with Crippen molar-refractivity contribution in [1.29, 1.82) is 0 Å². The van der Waals surface area contributed by atoms with E-state index in [-0.39, 0.29) is 5.91 Å². The molecule has 0 saturated carbocycles. The number of rotatable bonds is 8. The van der Waals surface area contributed by atoms with Crippen LogP contribution in [0.5, 0.6) is 17.2 Å². The summed E-state index contributed by atoms with van der Waals surface area (Å²) in [6.45, 7) is 5.34. The minimum absolute atomic E-state index is 0.0866. The second-order valence-electron chi connectivity index (χ2n) is 5.69. The van der Waals surface area contributed by atoms with E-state index >= 15 is 0 Å². The molecule has 0 unspecified atom stereocenters. The SMILES string of the molecule is CCOc1cc(C(=O)N(C)CCOc2cccc(C)c2)ccc1OC. The molecule has 0 aliphatic rings. The van der Waals surface area contributed by atoms with Gasteiger partial charge in [-0.25, -0.2) is 0 Å². The highest BCUT2D eigenvalue weighted by atomic mass is 16.5. The maximum atomic E-state index is 12.6. The number of methoxy groups -OCH3 is 1. The number of carbonyl (C=O) groups is 1. The first-order valence-corrected chi connectivity index (χ1v) is 8.31. The molecule has 5 nitrogen and oxygen atoms in total. The monoisotopic (exact) mass is 343 g/mol. The Morgan fingerprint density at radius 3 is 2.56 bits per heavy atom. The Bertz CT molecular complexity index is 715. The van der Waals surface area contributed by atoms with Crippen molar-refractivity contribution in [3.63, 3.8) is 0 Å². The Morgan fingerprint density at radius 1 is 1.08 bits per heavy atom. The third-order valence-corrected chi connectivity index (χ3v) is 3.74. The predicted octanol–water partition coefficient (Wildman–Crippen LogP) is 3.55. The van der Waals surface area contributed by atoms with Gasteiger partial charge < -0.3 is 19.1 Å². The molecule has 0 aliphatic carbocycles. The summed E-state index contributed by atoms with van der Waals surface area (Å²) >= 11 is 0. The standard InChI is InChI=1S/C20H25NO4/c1-5-24-19-14-16(9-10-18(19)23-4)20(22)21(3)11-12-25-17-8-6-7-15(2)13-17/h6-10,13-14H,5,11-12H2,1-4H3. The fraction of sp³-hybridized carbons (Fsp3) is 0.350. The minimum Gasteiger partial charge on any atom is -0.493 e. The van der Waals surface area contributed by atoms with Gasteiger partial charge in [0.15, 0.2) is 11.5 Å². The number of ether oxygens (including phenoxy) is 3.